The van der Waals surface area contributed by atoms with Crippen molar-refractivity contribution < 1.29 is 9.59 Å². The average molecular weight is 400 g/mol. The number of hydrogen-bond donors (Lipinski definition) is 0. The molecular formula is C22H22ClNO2S. The van der Waals surface area contributed by atoms with Crippen molar-refractivity contribution in [2.75, 3.05) is 4.90 Å². The van der Waals surface area contributed by atoms with Crippen molar-refractivity contribution >= 4 is 46.4 Å². The SMILES string of the molecule is Cc1ccc(C2=C(SC(C)C)C(=O)N(c3ccc(Cl)cc3C)C2=O)cc1C. The molecule has 0 aliphatic carbocycles. The number of carbonyl (C=O) groups excluding carboxylic acids is 2. The maximum absolute atomic E-state index is 13.3. The Morgan fingerprint density at radius 2 is 1.59 bits per heavy atom. The first-order chi connectivity index (χ1) is 12.7. The van der Waals surface area contributed by atoms with Gasteiger partial charge in [-0.2, -0.15) is 0 Å². The number of carbonyl (C=O) groups is 2. The van der Waals surface area contributed by atoms with Gasteiger partial charge in [-0.25, -0.2) is 4.90 Å². The van der Waals surface area contributed by atoms with E-state index in [0.717, 1.165) is 22.3 Å². The first-order valence-electron chi connectivity index (χ1n) is 8.84. The fraction of sp³-hybridized carbons (Fsp3) is 0.273. The van der Waals surface area contributed by atoms with E-state index in [1.54, 1.807) is 18.2 Å². The van der Waals surface area contributed by atoms with Crippen LogP contribution in [0.1, 0.15) is 36.1 Å². The lowest BCUT2D eigenvalue weighted by Gasteiger charge is -2.18. The van der Waals surface area contributed by atoms with Crippen LogP contribution in [-0.4, -0.2) is 17.1 Å². The van der Waals surface area contributed by atoms with Gasteiger partial charge in [-0.15, -0.1) is 11.8 Å². The third-order valence-corrected chi connectivity index (χ3v) is 5.91. The summed E-state index contributed by atoms with van der Waals surface area (Å²) in [5, 5.41) is 0.763. The molecule has 0 radical (unpaired) electrons. The van der Waals surface area contributed by atoms with Gasteiger partial charge in [0.15, 0.2) is 0 Å². The number of benzene rings is 2. The Kier molecular flexibility index (Phi) is 5.50. The van der Waals surface area contributed by atoms with Crippen LogP contribution >= 0.6 is 23.4 Å². The summed E-state index contributed by atoms with van der Waals surface area (Å²) in [7, 11) is 0. The molecule has 27 heavy (non-hydrogen) atoms. The fourth-order valence-electron chi connectivity index (χ4n) is 3.09. The van der Waals surface area contributed by atoms with Gasteiger partial charge >= 0.3 is 0 Å². The van der Waals surface area contributed by atoms with Crippen molar-refractivity contribution in [3.63, 3.8) is 0 Å². The standard InChI is InChI=1S/C22H22ClNO2S/c1-12(2)27-20-19(16-7-6-13(3)14(4)10-16)21(25)24(22(20)26)18-9-8-17(23)11-15(18)5/h6-12H,1-5H3. The topological polar surface area (TPSA) is 37.4 Å². The molecule has 5 heteroatoms. The lowest BCUT2D eigenvalue weighted by atomic mass is 10.0. The molecule has 1 aliphatic heterocycles. The highest BCUT2D eigenvalue weighted by Gasteiger charge is 2.41. The fourth-order valence-corrected chi connectivity index (χ4v) is 4.31. The number of amides is 2. The predicted octanol–water partition coefficient (Wildman–Crippen LogP) is 5.69. The molecule has 0 spiro atoms. The normalized spacial score (nSPS) is 14.7. The number of aryl methyl sites for hydroxylation is 3. The maximum Gasteiger partial charge on any atom is 0.272 e. The summed E-state index contributed by atoms with van der Waals surface area (Å²) in [6.45, 7) is 9.93. The lowest BCUT2D eigenvalue weighted by Crippen LogP contribution is -2.32. The number of nitrogens with zero attached hydrogens (tertiary/aromatic N) is 1. The monoisotopic (exact) mass is 399 g/mol. The summed E-state index contributed by atoms with van der Waals surface area (Å²) in [6.07, 6.45) is 0. The Morgan fingerprint density at radius 3 is 2.19 bits per heavy atom. The van der Waals surface area contributed by atoms with Crippen LogP contribution < -0.4 is 4.90 Å². The van der Waals surface area contributed by atoms with E-state index in [-0.39, 0.29) is 17.1 Å². The van der Waals surface area contributed by atoms with E-state index in [1.807, 2.05) is 52.8 Å². The molecule has 2 aromatic rings. The summed E-state index contributed by atoms with van der Waals surface area (Å²) >= 11 is 7.48. The number of thioether (sulfide) groups is 1. The van der Waals surface area contributed by atoms with Crippen LogP contribution in [0.4, 0.5) is 5.69 Å². The highest BCUT2D eigenvalue weighted by atomic mass is 35.5. The Labute approximate surface area is 169 Å². The van der Waals surface area contributed by atoms with E-state index in [4.69, 9.17) is 11.6 Å². The van der Waals surface area contributed by atoms with Gasteiger partial charge < -0.3 is 0 Å². The zero-order valence-electron chi connectivity index (χ0n) is 16.1. The highest BCUT2D eigenvalue weighted by molar-refractivity contribution is 8.04. The minimum Gasteiger partial charge on any atom is -0.268 e. The van der Waals surface area contributed by atoms with Crippen molar-refractivity contribution in [3.05, 3.63) is 68.6 Å². The van der Waals surface area contributed by atoms with Crippen LogP contribution in [-0.2, 0) is 9.59 Å². The van der Waals surface area contributed by atoms with Crippen molar-refractivity contribution in [1.29, 1.82) is 0 Å². The first kappa shape index (κ1) is 19.7. The van der Waals surface area contributed by atoms with Crippen molar-refractivity contribution in [1.82, 2.24) is 0 Å². The molecule has 0 saturated heterocycles. The Balaban J connectivity index is 2.15. The van der Waals surface area contributed by atoms with Crippen LogP contribution in [0.2, 0.25) is 5.02 Å². The Bertz CT molecular complexity index is 978. The molecule has 0 bridgehead atoms. The molecule has 3 nitrogen and oxygen atoms in total. The molecule has 2 aromatic carbocycles. The molecule has 3 rings (SSSR count). The highest BCUT2D eigenvalue weighted by Crippen LogP contribution is 2.41. The van der Waals surface area contributed by atoms with E-state index >= 15 is 0 Å². The van der Waals surface area contributed by atoms with Gasteiger partial charge in [-0.05, 0) is 61.2 Å². The number of halogens is 1. The van der Waals surface area contributed by atoms with E-state index in [9.17, 15) is 9.59 Å². The molecule has 0 fully saturated rings. The van der Waals surface area contributed by atoms with Crippen molar-refractivity contribution in [3.8, 4) is 0 Å². The summed E-state index contributed by atoms with van der Waals surface area (Å²) in [4.78, 5) is 28.3. The molecule has 0 atom stereocenters. The van der Waals surface area contributed by atoms with E-state index in [1.165, 1.54) is 16.7 Å². The molecule has 0 unspecified atom stereocenters. The van der Waals surface area contributed by atoms with Gasteiger partial charge in [0.1, 0.15) is 0 Å². The second-order valence-electron chi connectivity index (χ2n) is 7.05. The van der Waals surface area contributed by atoms with Crippen molar-refractivity contribution in [2.24, 2.45) is 0 Å². The number of anilines is 1. The summed E-state index contributed by atoms with van der Waals surface area (Å²) in [5.41, 5.74) is 4.88. The minimum absolute atomic E-state index is 0.185. The molecule has 0 N–H and O–H groups in total. The Hall–Kier alpha value is -2.04. The van der Waals surface area contributed by atoms with Crippen LogP contribution in [0.25, 0.3) is 5.57 Å². The van der Waals surface area contributed by atoms with Gasteiger partial charge in [-0.3, -0.25) is 9.59 Å². The average Bonchev–Trinajstić information content (AvgIpc) is 2.81. The third-order valence-electron chi connectivity index (χ3n) is 4.59. The van der Waals surface area contributed by atoms with Crippen LogP contribution in [0.15, 0.2) is 41.3 Å². The number of hydrogen-bond acceptors (Lipinski definition) is 3. The third kappa shape index (κ3) is 3.69. The molecule has 1 aliphatic rings. The molecule has 140 valence electrons. The summed E-state index contributed by atoms with van der Waals surface area (Å²) < 4.78 is 0. The Morgan fingerprint density at radius 1 is 0.889 bits per heavy atom. The van der Waals surface area contributed by atoms with E-state index < -0.39 is 0 Å². The van der Waals surface area contributed by atoms with Crippen molar-refractivity contribution in [2.45, 2.75) is 39.9 Å². The van der Waals surface area contributed by atoms with Gasteiger partial charge in [0.25, 0.3) is 11.8 Å². The lowest BCUT2D eigenvalue weighted by molar-refractivity contribution is -0.119. The second kappa shape index (κ2) is 7.53. The smallest absolute Gasteiger partial charge is 0.268 e. The van der Waals surface area contributed by atoms with Crippen LogP contribution in [0, 0.1) is 20.8 Å². The van der Waals surface area contributed by atoms with Gasteiger partial charge in [-0.1, -0.05) is 43.6 Å². The van der Waals surface area contributed by atoms with E-state index in [0.29, 0.717) is 21.2 Å². The molecule has 0 aromatic heterocycles. The number of rotatable bonds is 4. The van der Waals surface area contributed by atoms with Gasteiger partial charge in [0.05, 0.1) is 16.2 Å². The largest absolute Gasteiger partial charge is 0.272 e. The van der Waals surface area contributed by atoms with Gasteiger partial charge in [0, 0.05) is 10.3 Å². The summed E-state index contributed by atoms with van der Waals surface area (Å²) in [6, 6.07) is 11.1. The molecule has 2 amide bonds. The predicted molar refractivity (Wildman–Crippen MR) is 114 cm³/mol. The maximum atomic E-state index is 13.3. The van der Waals surface area contributed by atoms with Crippen LogP contribution in [0.5, 0.6) is 0 Å². The van der Waals surface area contributed by atoms with Gasteiger partial charge in [0.2, 0.25) is 0 Å². The minimum atomic E-state index is -0.281. The second-order valence-corrected chi connectivity index (χ2v) is 9.07. The molecular weight excluding hydrogens is 378 g/mol. The molecule has 1 heterocycles. The zero-order chi connectivity index (χ0) is 19.9. The van der Waals surface area contributed by atoms with E-state index in [2.05, 4.69) is 0 Å². The van der Waals surface area contributed by atoms with Crippen LogP contribution in [0.3, 0.4) is 0 Å². The molecule has 0 saturated carbocycles. The number of imide groups is 1. The zero-order valence-corrected chi connectivity index (χ0v) is 17.7. The summed E-state index contributed by atoms with van der Waals surface area (Å²) in [5.74, 6) is -0.547. The quantitative estimate of drug-likeness (QED) is 0.619. The first-order valence-corrected chi connectivity index (χ1v) is 10.1.